The molecule has 0 aliphatic heterocycles. The summed E-state index contributed by atoms with van der Waals surface area (Å²) in [5, 5.41) is 3.45. The van der Waals surface area contributed by atoms with E-state index >= 15 is 0 Å². The van der Waals surface area contributed by atoms with Crippen LogP contribution in [0.1, 0.15) is 56.9 Å². The van der Waals surface area contributed by atoms with Crippen LogP contribution >= 0.6 is 0 Å². The molecule has 1 atom stereocenters. The highest BCUT2D eigenvalue weighted by Crippen LogP contribution is 2.55. The maximum absolute atomic E-state index is 12.8. The third-order valence-corrected chi connectivity index (χ3v) is 6.43. The summed E-state index contributed by atoms with van der Waals surface area (Å²) in [5.41, 5.74) is 13.8. The molecule has 4 aliphatic rings. The van der Waals surface area contributed by atoms with Gasteiger partial charge in [-0.3, -0.25) is 4.79 Å². The van der Waals surface area contributed by atoms with Crippen molar-refractivity contribution in [2.45, 2.75) is 56.9 Å². The standard InChI is InChI=1S/C19H27N3O/c1-11(15-2-3-16(20)17(21)7-15)18(23)22-19-8-12-4-13(9-19)6-14(5-12)10-19/h2-3,7,11-14H,4-6,8-10,20-21H2,1H3,(H,22,23). The van der Waals surface area contributed by atoms with Crippen molar-refractivity contribution in [2.75, 3.05) is 11.5 Å². The van der Waals surface area contributed by atoms with Gasteiger partial charge in [0.05, 0.1) is 17.3 Å². The molecule has 4 fully saturated rings. The Morgan fingerprint density at radius 1 is 1.09 bits per heavy atom. The smallest absolute Gasteiger partial charge is 0.227 e. The number of nitrogen functional groups attached to an aromatic ring is 2. The fraction of sp³-hybridized carbons (Fsp3) is 0.632. The molecular formula is C19H27N3O. The molecule has 1 aromatic rings. The van der Waals surface area contributed by atoms with E-state index < -0.39 is 0 Å². The van der Waals surface area contributed by atoms with Crippen LogP contribution in [0.25, 0.3) is 0 Å². The highest BCUT2D eigenvalue weighted by molar-refractivity contribution is 5.84. The number of nitrogens with one attached hydrogen (secondary N) is 1. The minimum absolute atomic E-state index is 0.0689. The molecule has 0 heterocycles. The van der Waals surface area contributed by atoms with Gasteiger partial charge in [0.1, 0.15) is 0 Å². The maximum Gasteiger partial charge on any atom is 0.227 e. The van der Waals surface area contributed by atoms with E-state index in [0.29, 0.717) is 11.4 Å². The lowest BCUT2D eigenvalue weighted by molar-refractivity contribution is -0.128. The zero-order chi connectivity index (χ0) is 16.2. The van der Waals surface area contributed by atoms with Crippen LogP contribution in [0.3, 0.4) is 0 Å². The Labute approximate surface area is 138 Å². The molecule has 5 N–H and O–H groups in total. The van der Waals surface area contributed by atoms with Crippen molar-refractivity contribution in [1.29, 1.82) is 0 Å². The van der Waals surface area contributed by atoms with Gasteiger partial charge in [0.25, 0.3) is 0 Å². The average Bonchev–Trinajstić information content (AvgIpc) is 2.47. The monoisotopic (exact) mass is 313 g/mol. The van der Waals surface area contributed by atoms with E-state index in [-0.39, 0.29) is 17.4 Å². The summed E-state index contributed by atoms with van der Waals surface area (Å²) >= 11 is 0. The predicted molar refractivity (Wildman–Crippen MR) is 92.7 cm³/mol. The minimum Gasteiger partial charge on any atom is -0.397 e. The second-order valence-corrected chi connectivity index (χ2v) is 8.30. The summed E-state index contributed by atoms with van der Waals surface area (Å²) in [5.74, 6) is 2.46. The number of anilines is 2. The third-order valence-electron chi connectivity index (χ3n) is 6.43. The Morgan fingerprint density at radius 3 is 2.17 bits per heavy atom. The number of benzene rings is 1. The van der Waals surface area contributed by atoms with Crippen molar-refractivity contribution >= 4 is 17.3 Å². The molecule has 0 aromatic heterocycles. The van der Waals surface area contributed by atoms with Crippen molar-refractivity contribution in [2.24, 2.45) is 17.8 Å². The second-order valence-electron chi connectivity index (χ2n) is 8.30. The first kappa shape index (κ1) is 14.9. The molecule has 1 amide bonds. The van der Waals surface area contributed by atoms with E-state index in [0.717, 1.165) is 23.3 Å². The highest BCUT2D eigenvalue weighted by Gasteiger charge is 2.51. The van der Waals surface area contributed by atoms with Gasteiger partial charge in [-0.2, -0.15) is 0 Å². The van der Waals surface area contributed by atoms with Crippen molar-refractivity contribution in [3.05, 3.63) is 23.8 Å². The van der Waals surface area contributed by atoms with Crippen molar-refractivity contribution in [3.8, 4) is 0 Å². The van der Waals surface area contributed by atoms with Gasteiger partial charge in [-0.05, 0) is 80.9 Å². The highest BCUT2D eigenvalue weighted by atomic mass is 16.2. The number of hydrogen-bond donors (Lipinski definition) is 3. The largest absolute Gasteiger partial charge is 0.397 e. The lowest BCUT2D eigenvalue weighted by Crippen LogP contribution is -2.60. The molecule has 5 rings (SSSR count). The maximum atomic E-state index is 12.8. The molecule has 1 aromatic carbocycles. The molecule has 23 heavy (non-hydrogen) atoms. The SMILES string of the molecule is CC(C(=O)NC12CC3CC(CC(C3)C1)C2)c1ccc(N)c(N)c1. The van der Waals surface area contributed by atoms with Crippen LogP contribution in [0.15, 0.2) is 18.2 Å². The molecule has 4 bridgehead atoms. The topological polar surface area (TPSA) is 81.1 Å². The normalized spacial score (nSPS) is 36.0. The first-order valence-corrected chi connectivity index (χ1v) is 8.91. The summed E-state index contributed by atoms with van der Waals surface area (Å²) in [4.78, 5) is 12.8. The van der Waals surface area contributed by atoms with Crippen LogP contribution in [0.5, 0.6) is 0 Å². The van der Waals surface area contributed by atoms with Gasteiger partial charge in [0.15, 0.2) is 0 Å². The predicted octanol–water partition coefficient (Wildman–Crippen LogP) is 3.04. The van der Waals surface area contributed by atoms with E-state index in [1.807, 2.05) is 19.1 Å². The Kier molecular flexibility index (Phi) is 3.33. The van der Waals surface area contributed by atoms with Gasteiger partial charge >= 0.3 is 0 Å². The fourth-order valence-corrected chi connectivity index (χ4v) is 5.65. The van der Waals surface area contributed by atoms with Gasteiger partial charge in [-0.1, -0.05) is 6.07 Å². The van der Waals surface area contributed by atoms with Crippen LogP contribution in [-0.2, 0) is 4.79 Å². The lowest BCUT2D eigenvalue weighted by Gasteiger charge is -2.57. The van der Waals surface area contributed by atoms with Crippen LogP contribution in [0.2, 0.25) is 0 Å². The van der Waals surface area contributed by atoms with Crippen LogP contribution in [0.4, 0.5) is 11.4 Å². The molecule has 0 radical (unpaired) electrons. The summed E-state index contributed by atoms with van der Waals surface area (Å²) in [6, 6.07) is 5.54. The molecule has 0 saturated heterocycles. The van der Waals surface area contributed by atoms with Gasteiger partial charge in [-0.15, -0.1) is 0 Å². The Hall–Kier alpha value is -1.71. The summed E-state index contributed by atoms with van der Waals surface area (Å²) in [6.45, 7) is 1.96. The summed E-state index contributed by atoms with van der Waals surface area (Å²) in [7, 11) is 0. The van der Waals surface area contributed by atoms with Gasteiger partial charge < -0.3 is 16.8 Å². The van der Waals surface area contributed by atoms with E-state index in [2.05, 4.69) is 5.32 Å². The third kappa shape index (κ3) is 2.58. The molecule has 4 saturated carbocycles. The van der Waals surface area contributed by atoms with E-state index in [4.69, 9.17) is 11.5 Å². The van der Waals surface area contributed by atoms with Crippen molar-refractivity contribution in [1.82, 2.24) is 5.32 Å². The number of amides is 1. The average molecular weight is 313 g/mol. The molecule has 4 nitrogen and oxygen atoms in total. The van der Waals surface area contributed by atoms with Crippen molar-refractivity contribution in [3.63, 3.8) is 0 Å². The molecule has 0 spiro atoms. The van der Waals surface area contributed by atoms with Gasteiger partial charge in [0, 0.05) is 5.54 Å². The Morgan fingerprint density at radius 2 is 1.65 bits per heavy atom. The van der Waals surface area contributed by atoms with E-state index in [1.54, 1.807) is 6.07 Å². The van der Waals surface area contributed by atoms with Crippen LogP contribution < -0.4 is 16.8 Å². The number of carbonyl (C=O) groups is 1. The van der Waals surface area contributed by atoms with E-state index in [1.165, 1.54) is 38.5 Å². The van der Waals surface area contributed by atoms with Crippen LogP contribution in [-0.4, -0.2) is 11.4 Å². The van der Waals surface area contributed by atoms with Gasteiger partial charge in [0.2, 0.25) is 5.91 Å². The van der Waals surface area contributed by atoms with Crippen LogP contribution in [0, 0.1) is 17.8 Å². The Bertz CT molecular complexity index is 604. The van der Waals surface area contributed by atoms with Gasteiger partial charge in [-0.25, -0.2) is 0 Å². The first-order chi connectivity index (χ1) is 10.9. The lowest BCUT2D eigenvalue weighted by atomic mass is 9.53. The quantitative estimate of drug-likeness (QED) is 0.750. The second kappa shape index (κ2) is 5.15. The zero-order valence-corrected chi connectivity index (χ0v) is 13.8. The van der Waals surface area contributed by atoms with E-state index in [9.17, 15) is 4.79 Å². The molecule has 4 heteroatoms. The zero-order valence-electron chi connectivity index (χ0n) is 13.8. The molecule has 124 valence electrons. The first-order valence-electron chi connectivity index (χ1n) is 8.91. The number of carbonyl (C=O) groups excluding carboxylic acids is 1. The number of rotatable bonds is 3. The molecule has 1 unspecified atom stereocenters. The molecule has 4 aliphatic carbocycles. The number of hydrogen-bond acceptors (Lipinski definition) is 3. The minimum atomic E-state index is -0.189. The van der Waals surface area contributed by atoms with Crippen molar-refractivity contribution < 1.29 is 4.79 Å². The Balaban J connectivity index is 1.50. The summed E-state index contributed by atoms with van der Waals surface area (Å²) < 4.78 is 0. The molecular weight excluding hydrogens is 286 g/mol. The fourth-order valence-electron chi connectivity index (χ4n) is 5.65. The number of nitrogens with two attached hydrogens (primary N) is 2. The summed E-state index contributed by atoms with van der Waals surface area (Å²) in [6.07, 6.45) is 7.71.